The number of aromatic amines is 1. The van der Waals surface area contributed by atoms with E-state index in [0.717, 1.165) is 35.8 Å². The van der Waals surface area contributed by atoms with E-state index in [1.165, 1.54) is 5.57 Å². The zero-order valence-corrected chi connectivity index (χ0v) is 15.4. The largest absolute Gasteiger partial charge is 0.346 e. The van der Waals surface area contributed by atoms with Crippen LogP contribution in [-0.4, -0.2) is 52.2 Å². The zero-order valence-electron chi connectivity index (χ0n) is 14.6. The Hall–Kier alpha value is -2.34. The Balaban J connectivity index is 1.76. The van der Waals surface area contributed by atoms with Gasteiger partial charge in [0.1, 0.15) is 17.3 Å². The number of alkyl halides is 1. The standard InChI is InChI=1S/C19H21ClN4O2/c1-12-10-23(18(26)9-20)7-5-14(12)16-8-17(24(11-25)13-2-3-13)22-19-15(16)4-6-21-19/h4-6,8,11-13H,2-3,7,9-10H2,1H3,(H,21,22). The van der Waals surface area contributed by atoms with Gasteiger partial charge in [0.15, 0.2) is 0 Å². The fourth-order valence-corrected chi connectivity index (χ4v) is 3.82. The van der Waals surface area contributed by atoms with E-state index in [1.807, 2.05) is 18.3 Å². The van der Waals surface area contributed by atoms with E-state index in [0.29, 0.717) is 18.9 Å². The van der Waals surface area contributed by atoms with Gasteiger partial charge in [0.05, 0.1) is 0 Å². The van der Waals surface area contributed by atoms with Crippen LogP contribution in [0, 0.1) is 5.92 Å². The molecule has 0 saturated heterocycles. The fourth-order valence-electron chi connectivity index (χ4n) is 3.65. The van der Waals surface area contributed by atoms with Crippen LogP contribution in [-0.2, 0) is 9.59 Å². The van der Waals surface area contributed by atoms with Crippen LogP contribution < -0.4 is 4.90 Å². The summed E-state index contributed by atoms with van der Waals surface area (Å²) >= 11 is 5.69. The number of carbonyl (C=O) groups is 2. The van der Waals surface area contributed by atoms with Gasteiger partial charge in [-0.1, -0.05) is 13.0 Å². The number of rotatable bonds is 5. The number of amides is 2. The van der Waals surface area contributed by atoms with Crippen LogP contribution in [0.5, 0.6) is 0 Å². The van der Waals surface area contributed by atoms with E-state index in [2.05, 4.69) is 23.0 Å². The van der Waals surface area contributed by atoms with Gasteiger partial charge in [0.25, 0.3) is 0 Å². The quantitative estimate of drug-likeness (QED) is 0.648. The van der Waals surface area contributed by atoms with Crippen LogP contribution in [0.3, 0.4) is 0 Å². The van der Waals surface area contributed by atoms with Crippen LogP contribution in [0.1, 0.15) is 25.3 Å². The minimum absolute atomic E-state index is 0.00698. The van der Waals surface area contributed by atoms with E-state index in [4.69, 9.17) is 11.6 Å². The second-order valence-electron chi connectivity index (χ2n) is 7.00. The number of aromatic nitrogens is 2. The molecule has 3 heterocycles. The third-order valence-electron chi connectivity index (χ3n) is 5.17. The zero-order chi connectivity index (χ0) is 18.3. The highest BCUT2D eigenvalue weighted by Gasteiger charge is 2.31. The maximum Gasteiger partial charge on any atom is 0.237 e. The normalized spacial score (nSPS) is 20.2. The highest BCUT2D eigenvalue weighted by Crippen LogP contribution is 2.36. The number of H-pyrrole nitrogens is 1. The van der Waals surface area contributed by atoms with Gasteiger partial charge in [-0.2, -0.15) is 0 Å². The minimum Gasteiger partial charge on any atom is -0.346 e. The number of hydrogen-bond acceptors (Lipinski definition) is 3. The first-order valence-corrected chi connectivity index (χ1v) is 9.41. The first kappa shape index (κ1) is 17.1. The third-order valence-corrected chi connectivity index (χ3v) is 5.40. The molecule has 1 unspecified atom stereocenters. The minimum atomic E-state index is -0.0445. The summed E-state index contributed by atoms with van der Waals surface area (Å²) in [5, 5.41) is 1.03. The van der Waals surface area contributed by atoms with E-state index in [1.54, 1.807) is 9.80 Å². The summed E-state index contributed by atoms with van der Waals surface area (Å²) in [5.74, 6) is 0.819. The average molecular weight is 373 g/mol. The van der Waals surface area contributed by atoms with Crippen molar-refractivity contribution in [3.05, 3.63) is 30.0 Å². The van der Waals surface area contributed by atoms with Crippen molar-refractivity contribution in [3.8, 4) is 0 Å². The van der Waals surface area contributed by atoms with E-state index < -0.39 is 0 Å². The van der Waals surface area contributed by atoms with E-state index in [-0.39, 0.29) is 23.7 Å². The SMILES string of the molecule is CC1CN(C(=O)CCl)CC=C1c1cc(N(C=O)C2CC2)nc2[nH]ccc12. The molecule has 1 saturated carbocycles. The molecule has 0 spiro atoms. The topological polar surface area (TPSA) is 69.3 Å². The molecule has 26 heavy (non-hydrogen) atoms. The highest BCUT2D eigenvalue weighted by atomic mass is 35.5. The molecular formula is C19H21ClN4O2. The molecule has 0 radical (unpaired) electrons. The first-order chi connectivity index (χ1) is 12.6. The van der Waals surface area contributed by atoms with E-state index in [9.17, 15) is 9.59 Å². The molecule has 1 aliphatic heterocycles. The van der Waals surface area contributed by atoms with E-state index >= 15 is 0 Å². The van der Waals surface area contributed by atoms with Gasteiger partial charge in [-0.3, -0.25) is 14.5 Å². The fraction of sp³-hybridized carbons (Fsp3) is 0.421. The van der Waals surface area contributed by atoms with Crippen LogP contribution in [0.25, 0.3) is 16.6 Å². The van der Waals surface area contributed by atoms with Crippen molar-refractivity contribution in [2.24, 2.45) is 5.92 Å². The molecule has 1 fully saturated rings. The van der Waals surface area contributed by atoms with Gasteiger partial charge >= 0.3 is 0 Å². The summed E-state index contributed by atoms with van der Waals surface area (Å²) in [6, 6.07) is 4.27. The van der Waals surface area contributed by atoms with Crippen molar-refractivity contribution in [1.29, 1.82) is 0 Å². The van der Waals surface area contributed by atoms with Crippen molar-refractivity contribution in [2.45, 2.75) is 25.8 Å². The van der Waals surface area contributed by atoms with Gasteiger partial charge in [-0.25, -0.2) is 4.98 Å². The van der Waals surface area contributed by atoms with Gasteiger partial charge in [0, 0.05) is 30.7 Å². The molecule has 6 nitrogen and oxygen atoms in total. The van der Waals surface area contributed by atoms with Gasteiger partial charge in [0.2, 0.25) is 12.3 Å². The second kappa shape index (κ2) is 6.76. The summed E-state index contributed by atoms with van der Waals surface area (Å²) in [6.07, 6.45) is 6.87. The third kappa shape index (κ3) is 2.98. The number of halogens is 1. The number of pyridine rings is 1. The number of carbonyl (C=O) groups excluding carboxylic acids is 2. The number of hydrogen-bond donors (Lipinski definition) is 1. The van der Waals surface area contributed by atoms with Gasteiger partial charge in [-0.15, -0.1) is 11.6 Å². The molecule has 4 rings (SSSR count). The Morgan fingerprint density at radius 3 is 2.96 bits per heavy atom. The number of anilines is 1. The Kier molecular flexibility index (Phi) is 4.44. The molecule has 2 amide bonds. The summed E-state index contributed by atoms with van der Waals surface area (Å²) < 4.78 is 0. The van der Waals surface area contributed by atoms with Crippen LogP contribution >= 0.6 is 11.6 Å². The van der Waals surface area contributed by atoms with Crippen LogP contribution in [0.2, 0.25) is 0 Å². The van der Waals surface area contributed by atoms with Crippen molar-refractivity contribution < 1.29 is 9.59 Å². The molecule has 1 N–H and O–H groups in total. The Labute approximate surface area is 156 Å². The van der Waals surface area contributed by atoms with Gasteiger partial charge in [-0.05, 0) is 42.0 Å². The molecule has 0 aromatic carbocycles. The molecule has 7 heteroatoms. The van der Waals surface area contributed by atoms with Crippen molar-refractivity contribution in [1.82, 2.24) is 14.9 Å². The summed E-state index contributed by atoms with van der Waals surface area (Å²) in [5.41, 5.74) is 3.03. The molecule has 2 aromatic heterocycles. The lowest BCUT2D eigenvalue weighted by molar-refractivity contribution is -0.128. The van der Waals surface area contributed by atoms with Crippen molar-refractivity contribution >= 4 is 46.3 Å². The number of nitrogens with zero attached hydrogens (tertiary/aromatic N) is 3. The molecule has 2 aromatic rings. The summed E-state index contributed by atoms with van der Waals surface area (Å²) in [6.45, 7) is 3.30. The molecular weight excluding hydrogens is 352 g/mol. The first-order valence-electron chi connectivity index (χ1n) is 8.88. The number of fused-ring (bicyclic) bond motifs is 1. The lowest BCUT2D eigenvalue weighted by Crippen LogP contribution is -2.38. The lowest BCUT2D eigenvalue weighted by Gasteiger charge is -2.31. The predicted molar refractivity (Wildman–Crippen MR) is 102 cm³/mol. The van der Waals surface area contributed by atoms with Crippen LogP contribution in [0.4, 0.5) is 5.82 Å². The lowest BCUT2D eigenvalue weighted by atomic mass is 9.89. The average Bonchev–Trinajstić information content (AvgIpc) is 3.37. The maximum absolute atomic E-state index is 11.9. The summed E-state index contributed by atoms with van der Waals surface area (Å²) in [7, 11) is 0. The molecule has 0 bridgehead atoms. The van der Waals surface area contributed by atoms with Crippen molar-refractivity contribution in [3.63, 3.8) is 0 Å². The smallest absolute Gasteiger partial charge is 0.237 e. The van der Waals surface area contributed by atoms with Gasteiger partial charge < -0.3 is 9.88 Å². The van der Waals surface area contributed by atoms with Crippen LogP contribution in [0.15, 0.2) is 24.4 Å². The Morgan fingerprint density at radius 2 is 2.31 bits per heavy atom. The second-order valence-corrected chi connectivity index (χ2v) is 7.27. The Bertz CT molecular complexity index is 887. The molecule has 1 aliphatic carbocycles. The molecule has 136 valence electrons. The van der Waals surface area contributed by atoms with Crippen molar-refractivity contribution in [2.75, 3.05) is 23.9 Å². The monoisotopic (exact) mass is 372 g/mol. The maximum atomic E-state index is 11.9. The summed E-state index contributed by atoms with van der Waals surface area (Å²) in [4.78, 5) is 34.8. The number of nitrogens with one attached hydrogen (secondary N) is 1. The Morgan fingerprint density at radius 1 is 1.50 bits per heavy atom. The molecule has 1 atom stereocenters. The molecule has 2 aliphatic rings. The predicted octanol–water partition coefficient (Wildman–Crippen LogP) is 2.79. The highest BCUT2D eigenvalue weighted by molar-refractivity contribution is 6.27.